The van der Waals surface area contributed by atoms with E-state index in [2.05, 4.69) is 24.3 Å². The van der Waals surface area contributed by atoms with Gasteiger partial charge in [0.1, 0.15) is 0 Å². The first kappa shape index (κ1) is 30.2. The van der Waals surface area contributed by atoms with Crippen LogP contribution in [-0.2, 0) is 5.54 Å². The second-order valence-electron chi connectivity index (χ2n) is 10.3. The van der Waals surface area contributed by atoms with Crippen molar-refractivity contribution >= 4 is 16.9 Å². The Morgan fingerprint density at radius 3 is 1.29 bits per heavy atom. The van der Waals surface area contributed by atoms with Gasteiger partial charge in [-0.1, -0.05) is 97.1 Å². The molecule has 0 N–H and O–H groups in total. The maximum absolute atomic E-state index is 11.7. The second-order valence-corrected chi connectivity index (χ2v) is 10.3. The summed E-state index contributed by atoms with van der Waals surface area (Å²) in [7, 11) is 0. The van der Waals surface area contributed by atoms with E-state index in [1.54, 1.807) is 66.8 Å². The van der Waals surface area contributed by atoms with Crippen LogP contribution in [0.3, 0.4) is 0 Å². The van der Waals surface area contributed by atoms with Gasteiger partial charge in [-0.3, -0.25) is 30.3 Å². The number of rotatable bonds is 7. The molecule has 0 aromatic heterocycles. The van der Waals surface area contributed by atoms with E-state index >= 15 is 0 Å². The summed E-state index contributed by atoms with van der Waals surface area (Å²) in [6, 6.07) is 40.0. The summed E-state index contributed by atoms with van der Waals surface area (Å²) in [6.45, 7) is 0. The Morgan fingerprint density at radius 1 is 0.489 bits per heavy atom. The lowest BCUT2D eigenvalue weighted by atomic mass is 9.82. The van der Waals surface area contributed by atoms with E-state index in [-0.39, 0.29) is 27.6 Å². The van der Waals surface area contributed by atoms with Gasteiger partial charge in [0.25, 0.3) is 16.9 Å². The van der Waals surface area contributed by atoms with Crippen molar-refractivity contribution in [3.05, 3.63) is 193 Å². The summed E-state index contributed by atoms with van der Waals surface area (Å²) in [5.74, 6) is 0. The van der Waals surface area contributed by atoms with Gasteiger partial charge in [-0.2, -0.15) is 0 Å². The highest BCUT2D eigenvalue weighted by atomic mass is 16.6. The first-order valence-electron chi connectivity index (χ1n) is 14.0. The molecule has 0 bridgehead atoms. The molecular formula is C36H27N3O6. The number of nitro benzene ring substituents is 2. The number of non-ortho nitro benzene ring substituents is 2. The van der Waals surface area contributed by atoms with Crippen molar-refractivity contribution in [2.75, 3.05) is 0 Å². The van der Waals surface area contributed by atoms with Crippen molar-refractivity contribution < 1.29 is 14.8 Å². The van der Waals surface area contributed by atoms with Crippen LogP contribution in [-0.4, -0.2) is 14.8 Å². The fourth-order valence-corrected chi connectivity index (χ4v) is 5.06. The van der Waals surface area contributed by atoms with Crippen LogP contribution in [0.2, 0.25) is 0 Å². The van der Waals surface area contributed by atoms with Crippen LogP contribution in [0.15, 0.2) is 152 Å². The quantitative estimate of drug-likeness (QED) is 0.136. The average Bonchev–Trinajstić information content (AvgIpc) is 3.09. The molecule has 0 heterocycles. The lowest BCUT2D eigenvalue weighted by Crippen LogP contribution is -2.33. The third-order valence-corrected chi connectivity index (χ3v) is 7.59. The third-order valence-electron chi connectivity index (χ3n) is 7.59. The topological polar surface area (TPSA) is 129 Å². The third kappa shape index (κ3) is 6.89. The molecule has 222 valence electrons. The largest absolute Gasteiger partial charge is 0.269 e. The van der Waals surface area contributed by atoms with Crippen LogP contribution in [0.1, 0.15) is 17.5 Å². The molecule has 0 radical (unpaired) electrons. The summed E-state index contributed by atoms with van der Waals surface area (Å²) >= 11 is 0. The molecule has 9 heteroatoms. The lowest BCUT2D eigenvalue weighted by molar-refractivity contribution is -0.563. The summed E-state index contributed by atoms with van der Waals surface area (Å²) in [5, 5.41) is 33.1. The Labute approximate surface area is 258 Å². The molecule has 9 nitrogen and oxygen atoms in total. The van der Waals surface area contributed by atoms with Crippen LogP contribution in [0.4, 0.5) is 11.4 Å². The van der Waals surface area contributed by atoms with Crippen molar-refractivity contribution in [3.8, 4) is 22.3 Å². The molecule has 0 aliphatic heterocycles. The molecule has 1 atom stereocenters. The molecular weight excluding hydrogens is 570 g/mol. The molecule has 0 saturated carbocycles. The zero-order valence-electron chi connectivity index (χ0n) is 23.9. The van der Waals surface area contributed by atoms with Crippen LogP contribution >= 0.6 is 0 Å². The molecule has 45 heavy (non-hydrogen) atoms. The molecule has 0 spiro atoms. The van der Waals surface area contributed by atoms with Gasteiger partial charge in [0.05, 0.1) is 9.85 Å². The van der Waals surface area contributed by atoms with Crippen molar-refractivity contribution in [2.24, 2.45) is 0 Å². The maximum Gasteiger partial charge on any atom is 0.269 e. The first-order chi connectivity index (χ1) is 21.8. The highest BCUT2D eigenvalue weighted by Gasteiger charge is 2.42. The van der Waals surface area contributed by atoms with E-state index in [9.17, 15) is 30.3 Å². The molecule has 6 rings (SSSR count). The number of allylic oxidation sites excluding steroid dienone is 2. The van der Waals surface area contributed by atoms with Gasteiger partial charge >= 0.3 is 0 Å². The molecule has 1 aliphatic carbocycles. The normalized spacial score (nSPS) is 15.2. The number of nitro groups is 3. The van der Waals surface area contributed by atoms with Gasteiger partial charge < -0.3 is 0 Å². The molecule has 1 aliphatic rings. The van der Waals surface area contributed by atoms with Gasteiger partial charge in [0.2, 0.25) is 0 Å². The minimum absolute atomic E-state index is 0.0167. The van der Waals surface area contributed by atoms with Crippen molar-refractivity contribution in [1.82, 2.24) is 0 Å². The highest BCUT2D eigenvalue weighted by Crippen LogP contribution is 2.37. The van der Waals surface area contributed by atoms with Gasteiger partial charge in [0, 0.05) is 41.2 Å². The number of benzene rings is 5. The molecule has 1 unspecified atom stereocenters. The molecule has 5 aromatic carbocycles. The molecule has 0 saturated heterocycles. The zero-order chi connectivity index (χ0) is 31.8. The Bertz CT molecular complexity index is 1870. The standard InChI is InChI=1S/C18H14N2O4.C18H13NO2/c21-19(22)17-8-6-14(7-9-17)15-10-12-18(13-11-15,20(23)24)16-4-2-1-3-5-16;20-19(21)18-12-10-17(11-13-18)16-8-6-15(7-9-16)14-4-2-1-3-5-14/h1-12H,13H2;1-13H. The Balaban J connectivity index is 0.000000179. The minimum atomic E-state index is -1.27. The number of hydrogen-bond acceptors (Lipinski definition) is 6. The summed E-state index contributed by atoms with van der Waals surface area (Å²) in [4.78, 5) is 31.9. The summed E-state index contributed by atoms with van der Waals surface area (Å²) in [5.41, 5.74) is 5.44. The lowest BCUT2D eigenvalue weighted by Gasteiger charge is -2.24. The van der Waals surface area contributed by atoms with Crippen molar-refractivity contribution in [1.29, 1.82) is 0 Å². The fraction of sp³-hybridized carbons (Fsp3) is 0.0556. The van der Waals surface area contributed by atoms with E-state index in [1.807, 2.05) is 36.4 Å². The highest BCUT2D eigenvalue weighted by molar-refractivity contribution is 5.76. The Hall–Kier alpha value is -6.22. The predicted octanol–water partition coefficient (Wildman–Crippen LogP) is 9.04. The van der Waals surface area contributed by atoms with E-state index in [0.29, 0.717) is 5.56 Å². The maximum atomic E-state index is 11.7. The fourth-order valence-electron chi connectivity index (χ4n) is 5.06. The number of nitrogens with zero attached hydrogens (tertiary/aromatic N) is 3. The smallest absolute Gasteiger partial charge is 0.263 e. The molecule has 5 aromatic rings. The van der Waals surface area contributed by atoms with Gasteiger partial charge in [-0.15, -0.1) is 0 Å². The minimum Gasteiger partial charge on any atom is -0.263 e. The first-order valence-corrected chi connectivity index (χ1v) is 14.0. The van der Waals surface area contributed by atoms with Crippen LogP contribution in [0.25, 0.3) is 27.8 Å². The van der Waals surface area contributed by atoms with Gasteiger partial charge in [-0.25, -0.2) is 0 Å². The van der Waals surface area contributed by atoms with Crippen LogP contribution in [0, 0.1) is 30.3 Å². The Kier molecular flexibility index (Phi) is 9.00. The van der Waals surface area contributed by atoms with E-state index in [0.717, 1.165) is 27.8 Å². The molecule has 0 fully saturated rings. The Morgan fingerprint density at radius 2 is 0.889 bits per heavy atom. The van der Waals surface area contributed by atoms with Gasteiger partial charge in [-0.05, 0) is 63.7 Å². The van der Waals surface area contributed by atoms with E-state index in [1.165, 1.54) is 29.8 Å². The monoisotopic (exact) mass is 597 g/mol. The van der Waals surface area contributed by atoms with Crippen molar-refractivity contribution in [2.45, 2.75) is 12.0 Å². The van der Waals surface area contributed by atoms with Gasteiger partial charge in [0.15, 0.2) is 0 Å². The second kappa shape index (κ2) is 13.4. The van der Waals surface area contributed by atoms with Crippen molar-refractivity contribution in [3.63, 3.8) is 0 Å². The predicted molar refractivity (Wildman–Crippen MR) is 174 cm³/mol. The average molecular weight is 598 g/mol. The SMILES string of the molecule is O=[N+]([O-])c1ccc(-c2ccc(-c3ccccc3)cc2)cc1.O=[N+]([O-])c1ccc(C2=CCC(c3ccccc3)([N+](=O)[O-])C=C2)cc1. The van der Waals surface area contributed by atoms with E-state index < -0.39 is 10.5 Å². The number of hydrogen-bond donors (Lipinski definition) is 0. The van der Waals surface area contributed by atoms with Crippen LogP contribution in [0.5, 0.6) is 0 Å². The summed E-state index contributed by atoms with van der Waals surface area (Å²) < 4.78 is 0. The zero-order valence-corrected chi connectivity index (χ0v) is 23.9. The van der Waals surface area contributed by atoms with Crippen LogP contribution < -0.4 is 0 Å². The summed E-state index contributed by atoms with van der Waals surface area (Å²) in [6.07, 6.45) is 5.34. The molecule has 0 amide bonds. The van der Waals surface area contributed by atoms with E-state index in [4.69, 9.17) is 0 Å².